The third-order valence-electron chi connectivity index (χ3n) is 16.1. The van der Waals surface area contributed by atoms with Gasteiger partial charge in [0.15, 0.2) is 12.2 Å². The first kappa shape index (κ1) is 88.5. The zero-order chi connectivity index (χ0) is 67.2. The lowest BCUT2D eigenvalue weighted by Gasteiger charge is -2.21. The van der Waals surface area contributed by atoms with Crippen LogP contribution >= 0.6 is 15.6 Å². The Morgan fingerprint density at radius 1 is 0.341 bits per heavy atom. The summed E-state index contributed by atoms with van der Waals surface area (Å²) < 4.78 is 68.3. The molecule has 2 unspecified atom stereocenters. The molecule has 0 saturated heterocycles. The first-order valence-electron chi connectivity index (χ1n) is 36.8. The first-order chi connectivity index (χ1) is 43.9. The van der Waals surface area contributed by atoms with Crippen LogP contribution in [0.2, 0.25) is 0 Å². The van der Waals surface area contributed by atoms with Crippen molar-refractivity contribution < 1.29 is 80.2 Å². The number of phosphoric ester groups is 2. The minimum Gasteiger partial charge on any atom is -0.462 e. The van der Waals surface area contributed by atoms with Crippen LogP contribution in [0.25, 0.3) is 0 Å². The standard InChI is InChI=1S/C72H136O17P2/c1-7-9-11-13-15-17-18-19-20-21-26-32-38-44-50-56-71(76)89-68(61-83-70(75)55-49-43-37-31-27-22-24-29-34-40-46-52-64(3)4)63-87-91(80,81)85-59-66(73)58-84-90(78,79)86-62-67(60-82-69(74)54-48-42-36-16-14-12-10-8-2)88-72(77)57-51-45-39-33-28-23-25-30-35-41-47-53-65(5)6/h17-20,64-68,73H,7-16,21-63H2,1-6H3,(H,78,79)(H,80,81)/b18-17-,20-19-/t66-,67+,68+/m0/s1. The Hall–Kier alpha value is -2.46. The number of aliphatic hydroxyl groups excluding tert-OH is 1. The number of ether oxygens (including phenoxy) is 4. The second-order valence-electron chi connectivity index (χ2n) is 26.2. The first-order valence-corrected chi connectivity index (χ1v) is 39.8. The molecule has 3 N–H and O–H groups in total. The molecule has 0 aromatic rings. The van der Waals surface area contributed by atoms with Crippen molar-refractivity contribution in [2.75, 3.05) is 39.6 Å². The highest BCUT2D eigenvalue weighted by Crippen LogP contribution is 2.45. The van der Waals surface area contributed by atoms with E-state index >= 15 is 0 Å². The molecular weight excluding hydrogens is 1200 g/mol. The number of allylic oxidation sites excluding steroid dienone is 4. The average Bonchev–Trinajstić information content (AvgIpc) is 3.38. The maximum absolute atomic E-state index is 13.0. The molecule has 0 saturated carbocycles. The lowest BCUT2D eigenvalue weighted by atomic mass is 10.0. The lowest BCUT2D eigenvalue weighted by Crippen LogP contribution is -2.30. The molecular formula is C72H136O17P2. The van der Waals surface area contributed by atoms with Crippen molar-refractivity contribution in [3.05, 3.63) is 24.3 Å². The van der Waals surface area contributed by atoms with E-state index in [0.717, 1.165) is 121 Å². The van der Waals surface area contributed by atoms with Gasteiger partial charge in [-0.2, -0.15) is 0 Å². The van der Waals surface area contributed by atoms with Crippen molar-refractivity contribution in [2.45, 2.75) is 362 Å². The summed E-state index contributed by atoms with van der Waals surface area (Å²) in [5.74, 6) is -0.621. The van der Waals surface area contributed by atoms with Crippen LogP contribution in [0, 0.1) is 11.8 Å². The molecule has 0 radical (unpaired) electrons. The Bertz CT molecular complexity index is 1860. The largest absolute Gasteiger partial charge is 0.472 e. The second-order valence-corrected chi connectivity index (χ2v) is 29.2. The van der Waals surface area contributed by atoms with Gasteiger partial charge in [-0.25, -0.2) is 9.13 Å². The fourth-order valence-electron chi connectivity index (χ4n) is 10.4. The quantitative estimate of drug-likeness (QED) is 0.0169. The van der Waals surface area contributed by atoms with Gasteiger partial charge in [0.25, 0.3) is 0 Å². The van der Waals surface area contributed by atoms with Crippen LogP contribution in [0.1, 0.15) is 343 Å². The number of unbranched alkanes of at least 4 members (excludes halogenated alkanes) is 36. The molecule has 0 aliphatic carbocycles. The number of rotatable bonds is 69. The van der Waals surface area contributed by atoms with Crippen LogP contribution < -0.4 is 0 Å². The topological polar surface area (TPSA) is 237 Å². The maximum atomic E-state index is 13.0. The SMILES string of the molecule is CCCCCC/C=C\C=C/CCCCCCCC(=O)O[C@H](COC(=O)CCCCCCCCCCCCCC(C)C)COP(=O)(O)OC[C@@H](O)COP(=O)(O)OC[C@@H](COC(=O)CCCCCCCCCC)OC(=O)CCCCCCCCCCCCCC(C)C. The highest BCUT2D eigenvalue weighted by atomic mass is 31.2. The smallest absolute Gasteiger partial charge is 0.462 e. The maximum Gasteiger partial charge on any atom is 0.472 e. The predicted molar refractivity (Wildman–Crippen MR) is 367 cm³/mol. The normalized spacial score (nSPS) is 14.3. The molecule has 0 aromatic heterocycles. The molecule has 0 spiro atoms. The molecule has 536 valence electrons. The van der Waals surface area contributed by atoms with Crippen LogP contribution in [-0.4, -0.2) is 96.7 Å². The Morgan fingerprint density at radius 3 is 0.901 bits per heavy atom. The molecule has 91 heavy (non-hydrogen) atoms. The minimum atomic E-state index is -4.96. The Morgan fingerprint density at radius 2 is 0.593 bits per heavy atom. The van der Waals surface area contributed by atoms with Crippen molar-refractivity contribution in [2.24, 2.45) is 11.8 Å². The van der Waals surface area contributed by atoms with E-state index < -0.39 is 97.5 Å². The third-order valence-corrected chi connectivity index (χ3v) is 18.0. The zero-order valence-corrected chi connectivity index (χ0v) is 60.4. The van der Waals surface area contributed by atoms with E-state index in [1.165, 1.54) is 141 Å². The van der Waals surface area contributed by atoms with E-state index in [2.05, 4.69) is 65.8 Å². The van der Waals surface area contributed by atoms with Crippen LogP contribution in [0.15, 0.2) is 24.3 Å². The summed E-state index contributed by atoms with van der Waals surface area (Å²) in [6, 6.07) is 0. The summed E-state index contributed by atoms with van der Waals surface area (Å²) in [5, 5.41) is 10.6. The molecule has 0 aliphatic heterocycles. The monoisotopic (exact) mass is 1330 g/mol. The van der Waals surface area contributed by atoms with Gasteiger partial charge in [0.1, 0.15) is 19.3 Å². The van der Waals surface area contributed by atoms with Crippen molar-refractivity contribution in [1.29, 1.82) is 0 Å². The number of aliphatic hydroxyl groups is 1. The fraction of sp³-hybridized carbons (Fsp3) is 0.889. The molecule has 0 bridgehead atoms. The highest BCUT2D eigenvalue weighted by molar-refractivity contribution is 7.47. The van der Waals surface area contributed by atoms with Gasteiger partial charge in [-0.1, -0.05) is 291 Å². The van der Waals surface area contributed by atoms with Gasteiger partial charge < -0.3 is 33.8 Å². The van der Waals surface area contributed by atoms with Crippen molar-refractivity contribution in [3.8, 4) is 0 Å². The van der Waals surface area contributed by atoms with Gasteiger partial charge in [-0.05, 0) is 63.2 Å². The molecule has 17 nitrogen and oxygen atoms in total. The number of esters is 4. The Labute approximate surface area is 554 Å². The number of carbonyl (C=O) groups is 4. The van der Waals surface area contributed by atoms with Crippen LogP contribution in [0.4, 0.5) is 0 Å². The van der Waals surface area contributed by atoms with E-state index in [1.54, 1.807) is 0 Å². The van der Waals surface area contributed by atoms with Gasteiger partial charge in [0, 0.05) is 25.7 Å². The zero-order valence-electron chi connectivity index (χ0n) is 58.6. The number of hydrogen-bond acceptors (Lipinski definition) is 15. The number of hydrogen-bond donors (Lipinski definition) is 3. The van der Waals surface area contributed by atoms with Gasteiger partial charge in [0.2, 0.25) is 0 Å². The third kappa shape index (κ3) is 66.0. The van der Waals surface area contributed by atoms with E-state index in [1.807, 2.05) is 0 Å². The Balaban J connectivity index is 5.27. The highest BCUT2D eigenvalue weighted by Gasteiger charge is 2.30. The summed E-state index contributed by atoms with van der Waals surface area (Å²) in [6.45, 7) is 9.47. The van der Waals surface area contributed by atoms with E-state index in [9.17, 15) is 43.2 Å². The van der Waals surface area contributed by atoms with Gasteiger partial charge in [-0.3, -0.25) is 37.3 Å². The summed E-state index contributed by atoms with van der Waals surface area (Å²) in [4.78, 5) is 72.5. The molecule has 0 fully saturated rings. The van der Waals surface area contributed by atoms with Crippen LogP contribution in [0.5, 0.6) is 0 Å². The second kappa shape index (κ2) is 63.6. The Kier molecular flexibility index (Phi) is 61.9. The summed E-state index contributed by atoms with van der Waals surface area (Å²) >= 11 is 0. The molecule has 0 aromatic carbocycles. The molecule has 0 rings (SSSR count). The summed E-state index contributed by atoms with van der Waals surface area (Å²) in [5.41, 5.74) is 0. The summed E-state index contributed by atoms with van der Waals surface area (Å²) in [7, 11) is -9.91. The van der Waals surface area contributed by atoms with Crippen LogP contribution in [-0.2, 0) is 65.4 Å². The average molecular weight is 1340 g/mol. The molecule has 19 heteroatoms. The number of carbonyl (C=O) groups excluding carboxylic acids is 4. The van der Waals surface area contributed by atoms with Crippen molar-refractivity contribution >= 4 is 39.5 Å². The van der Waals surface area contributed by atoms with Gasteiger partial charge >= 0.3 is 39.5 Å². The van der Waals surface area contributed by atoms with Gasteiger partial charge in [0.05, 0.1) is 26.4 Å². The molecule has 0 heterocycles. The minimum absolute atomic E-state index is 0.0848. The van der Waals surface area contributed by atoms with Crippen molar-refractivity contribution in [3.63, 3.8) is 0 Å². The van der Waals surface area contributed by atoms with Crippen molar-refractivity contribution in [1.82, 2.24) is 0 Å². The van der Waals surface area contributed by atoms with E-state index in [0.29, 0.717) is 25.7 Å². The van der Waals surface area contributed by atoms with E-state index in [-0.39, 0.29) is 25.7 Å². The predicted octanol–water partition coefficient (Wildman–Crippen LogP) is 20.3. The number of phosphoric acid groups is 2. The summed E-state index contributed by atoms with van der Waals surface area (Å²) in [6.07, 6.45) is 52.1. The van der Waals surface area contributed by atoms with Crippen LogP contribution in [0.3, 0.4) is 0 Å². The molecule has 0 amide bonds. The molecule has 5 atom stereocenters. The lowest BCUT2D eigenvalue weighted by molar-refractivity contribution is -0.161. The fourth-order valence-corrected chi connectivity index (χ4v) is 12.0. The molecule has 0 aliphatic rings. The van der Waals surface area contributed by atoms with E-state index in [4.69, 9.17) is 37.0 Å². The van der Waals surface area contributed by atoms with Gasteiger partial charge in [-0.15, -0.1) is 0 Å².